The Hall–Kier alpha value is -1.62. The molecule has 17 heavy (non-hydrogen) atoms. The number of hydrogen-bond acceptors (Lipinski definition) is 4. The Balaban J connectivity index is 2.00. The van der Waals surface area contributed by atoms with E-state index in [-0.39, 0.29) is 0 Å². The number of aryl methyl sites for hydroxylation is 1. The van der Waals surface area contributed by atoms with Crippen molar-refractivity contribution >= 4 is 11.5 Å². The van der Waals surface area contributed by atoms with E-state index in [4.69, 9.17) is 0 Å². The van der Waals surface area contributed by atoms with E-state index < -0.39 is 0 Å². The maximum Gasteiger partial charge on any atom is 0.157 e. The average molecular weight is 233 g/mol. The molecule has 0 atom stereocenters. The van der Waals surface area contributed by atoms with Crippen molar-refractivity contribution in [2.45, 2.75) is 20.3 Å². The van der Waals surface area contributed by atoms with Crippen molar-refractivity contribution in [2.24, 2.45) is 0 Å². The van der Waals surface area contributed by atoms with Crippen LogP contribution in [0.3, 0.4) is 0 Å². The molecule has 0 saturated heterocycles. The van der Waals surface area contributed by atoms with Gasteiger partial charge in [-0.2, -0.15) is 9.61 Å². The lowest BCUT2D eigenvalue weighted by atomic mass is 10.3. The number of anilines is 1. The van der Waals surface area contributed by atoms with Crippen molar-refractivity contribution < 1.29 is 0 Å². The second-order valence-electron chi connectivity index (χ2n) is 4.08. The van der Waals surface area contributed by atoms with Gasteiger partial charge in [-0.05, 0) is 44.1 Å². The summed E-state index contributed by atoms with van der Waals surface area (Å²) in [6, 6.07) is 4.12. The van der Waals surface area contributed by atoms with E-state index >= 15 is 0 Å². The summed E-state index contributed by atoms with van der Waals surface area (Å²) >= 11 is 0. The van der Waals surface area contributed by atoms with Gasteiger partial charge in [0.15, 0.2) is 5.65 Å². The molecule has 0 fully saturated rings. The first-order valence-electron chi connectivity index (χ1n) is 6.06. The summed E-state index contributed by atoms with van der Waals surface area (Å²) in [5.41, 5.74) is 2.08. The standard InChI is InChI=1S/C12H19N5/c1-3-13-5-4-6-14-11-7-10(2)8-12-15-9-16-17(11)12/h7-9,13-14H,3-6H2,1-2H3. The molecule has 2 aromatic rings. The van der Waals surface area contributed by atoms with Crippen LogP contribution in [0.5, 0.6) is 0 Å². The Labute approximate surface area is 101 Å². The SMILES string of the molecule is CCNCCCNc1cc(C)cc2ncnn12. The predicted molar refractivity (Wildman–Crippen MR) is 69.4 cm³/mol. The zero-order chi connectivity index (χ0) is 12.1. The molecular formula is C12H19N5. The number of hydrogen-bond donors (Lipinski definition) is 2. The molecule has 5 nitrogen and oxygen atoms in total. The van der Waals surface area contributed by atoms with Crippen LogP contribution in [0, 0.1) is 6.92 Å². The Morgan fingerprint density at radius 3 is 3.00 bits per heavy atom. The van der Waals surface area contributed by atoms with E-state index in [1.807, 2.05) is 10.6 Å². The van der Waals surface area contributed by atoms with Gasteiger partial charge < -0.3 is 10.6 Å². The Morgan fingerprint density at radius 2 is 2.18 bits per heavy atom. The molecule has 0 radical (unpaired) electrons. The Kier molecular flexibility index (Phi) is 3.93. The molecule has 0 spiro atoms. The fourth-order valence-electron chi connectivity index (χ4n) is 1.79. The van der Waals surface area contributed by atoms with Gasteiger partial charge in [-0.15, -0.1) is 0 Å². The molecule has 2 N–H and O–H groups in total. The van der Waals surface area contributed by atoms with E-state index in [1.165, 1.54) is 5.56 Å². The minimum Gasteiger partial charge on any atom is -0.370 e. The number of pyridine rings is 1. The van der Waals surface area contributed by atoms with Crippen molar-refractivity contribution in [3.63, 3.8) is 0 Å². The molecule has 5 heteroatoms. The van der Waals surface area contributed by atoms with E-state index in [0.717, 1.165) is 37.5 Å². The minimum atomic E-state index is 0.888. The molecule has 0 aliphatic rings. The zero-order valence-corrected chi connectivity index (χ0v) is 10.4. The quantitative estimate of drug-likeness (QED) is 0.741. The number of fused-ring (bicyclic) bond motifs is 1. The van der Waals surface area contributed by atoms with Gasteiger partial charge in [0.05, 0.1) is 0 Å². The van der Waals surface area contributed by atoms with Crippen molar-refractivity contribution in [1.82, 2.24) is 19.9 Å². The van der Waals surface area contributed by atoms with Crippen molar-refractivity contribution in [3.05, 3.63) is 24.0 Å². The predicted octanol–water partition coefficient (Wildman–Crippen LogP) is 1.45. The molecule has 0 saturated carbocycles. The summed E-state index contributed by atoms with van der Waals surface area (Å²) in [5.74, 6) is 1.01. The Morgan fingerprint density at radius 1 is 1.29 bits per heavy atom. The zero-order valence-electron chi connectivity index (χ0n) is 10.4. The van der Waals surface area contributed by atoms with Crippen molar-refractivity contribution in [2.75, 3.05) is 25.0 Å². The highest BCUT2D eigenvalue weighted by Crippen LogP contribution is 2.12. The fourth-order valence-corrected chi connectivity index (χ4v) is 1.79. The molecule has 0 unspecified atom stereocenters. The molecule has 0 amide bonds. The van der Waals surface area contributed by atoms with Crippen LogP contribution in [0.4, 0.5) is 5.82 Å². The van der Waals surface area contributed by atoms with Crippen LogP contribution in [0.1, 0.15) is 18.9 Å². The summed E-state index contributed by atoms with van der Waals surface area (Å²) in [5, 5.41) is 10.9. The summed E-state index contributed by atoms with van der Waals surface area (Å²) in [6.07, 6.45) is 2.68. The first kappa shape index (κ1) is 11.9. The van der Waals surface area contributed by atoms with E-state index in [9.17, 15) is 0 Å². The lowest BCUT2D eigenvalue weighted by Gasteiger charge is -2.09. The monoisotopic (exact) mass is 233 g/mol. The summed E-state index contributed by atoms with van der Waals surface area (Å²) in [4.78, 5) is 4.20. The highest BCUT2D eigenvalue weighted by atomic mass is 15.3. The number of rotatable bonds is 6. The van der Waals surface area contributed by atoms with Crippen molar-refractivity contribution in [3.8, 4) is 0 Å². The third kappa shape index (κ3) is 2.94. The molecule has 0 bridgehead atoms. The Bertz CT molecular complexity index is 477. The molecule has 0 aromatic carbocycles. The number of nitrogens with one attached hydrogen (secondary N) is 2. The highest BCUT2D eigenvalue weighted by Gasteiger charge is 2.02. The van der Waals surface area contributed by atoms with Crippen LogP contribution in [-0.2, 0) is 0 Å². The summed E-state index contributed by atoms with van der Waals surface area (Å²) < 4.78 is 1.83. The van der Waals surface area contributed by atoms with Gasteiger partial charge in [-0.3, -0.25) is 0 Å². The number of nitrogens with zero attached hydrogens (tertiary/aromatic N) is 3. The maximum absolute atomic E-state index is 4.20. The van der Waals surface area contributed by atoms with E-state index in [2.05, 4.69) is 40.6 Å². The average Bonchev–Trinajstić information content (AvgIpc) is 2.76. The van der Waals surface area contributed by atoms with Crippen LogP contribution < -0.4 is 10.6 Å². The third-order valence-electron chi connectivity index (χ3n) is 2.61. The van der Waals surface area contributed by atoms with Crippen LogP contribution in [0.15, 0.2) is 18.5 Å². The summed E-state index contributed by atoms with van der Waals surface area (Å²) in [6.45, 7) is 7.18. The first-order valence-corrected chi connectivity index (χ1v) is 6.06. The fraction of sp³-hybridized carbons (Fsp3) is 0.500. The van der Waals surface area contributed by atoms with Gasteiger partial charge in [0, 0.05) is 6.54 Å². The number of aromatic nitrogens is 3. The topological polar surface area (TPSA) is 54.2 Å². The van der Waals surface area contributed by atoms with Crippen LogP contribution in [0.2, 0.25) is 0 Å². The molecular weight excluding hydrogens is 214 g/mol. The summed E-state index contributed by atoms with van der Waals surface area (Å²) in [7, 11) is 0. The normalized spacial score (nSPS) is 10.9. The van der Waals surface area contributed by atoms with Gasteiger partial charge in [-0.25, -0.2) is 4.98 Å². The largest absolute Gasteiger partial charge is 0.370 e. The van der Waals surface area contributed by atoms with Crippen LogP contribution in [-0.4, -0.2) is 34.2 Å². The molecule has 0 aliphatic carbocycles. The molecule has 2 rings (SSSR count). The highest BCUT2D eigenvalue weighted by molar-refractivity contribution is 5.51. The van der Waals surface area contributed by atoms with Crippen LogP contribution in [0.25, 0.3) is 5.65 Å². The lowest BCUT2D eigenvalue weighted by Crippen LogP contribution is -2.17. The molecule has 0 aliphatic heterocycles. The third-order valence-corrected chi connectivity index (χ3v) is 2.61. The maximum atomic E-state index is 4.20. The lowest BCUT2D eigenvalue weighted by molar-refractivity contribution is 0.687. The van der Waals surface area contributed by atoms with E-state index in [1.54, 1.807) is 6.33 Å². The smallest absolute Gasteiger partial charge is 0.157 e. The molecule has 2 aromatic heterocycles. The molecule has 2 heterocycles. The second-order valence-corrected chi connectivity index (χ2v) is 4.08. The van der Waals surface area contributed by atoms with Gasteiger partial charge in [0.25, 0.3) is 0 Å². The van der Waals surface area contributed by atoms with Gasteiger partial charge >= 0.3 is 0 Å². The van der Waals surface area contributed by atoms with E-state index in [0.29, 0.717) is 0 Å². The van der Waals surface area contributed by atoms with Crippen LogP contribution >= 0.6 is 0 Å². The van der Waals surface area contributed by atoms with Gasteiger partial charge in [-0.1, -0.05) is 6.92 Å². The minimum absolute atomic E-state index is 0.888. The van der Waals surface area contributed by atoms with Gasteiger partial charge in [0.2, 0.25) is 0 Å². The molecule has 92 valence electrons. The van der Waals surface area contributed by atoms with Crippen molar-refractivity contribution in [1.29, 1.82) is 0 Å². The van der Waals surface area contributed by atoms with Gasteiger partial charge in [0.1, 0.15) is 12.1 Å². The second kappa shape index (κ2) is 5.63. The first-order chi connectivity index (χ1) is 8.31.